The lowest BCUT2D eigenvalue weighted by Gasteiger charge is -2.09. The van der Waals surface area contributed by atoms with E-state index in [0.29, 0.717) is 12.1 Å². The molecular weight excluding hydrogens is 323 g/mol. The van der Waals surface area contributed by atoms with Crippen LogP contribution in [-0.2, 0) is 11.3 Å². The first-order valence-electron chi connectivity index (χ1n) is 7.46. The number of fused-ring (bicyclic) bond motifs is 1. The number of halogens is 2. The van der Waals surface area contributed by atoms with Gasteiger partial charge in [0, 0.05) is 19.2 Å². The predicted molar refractivity (Wildman–Crippen MR) is 90.5 cm³/mol. The van der Waals surface area contributed by atoms with Gasteiger partial charge < -0.3 is 20.7 Å². The number of nitrogens with zero attached hydrogens (tertiary/aromatic N) is 2. The Morgan fingerprint density at radius 3 is 2.74 bits per heavy atom. The third kappa shape index (κ3) is 5.37. The first kappa shape index (κ1) is 19.2. The van der Waals surface area contributed by atoms with Crippen molar-refractivity contribution in [1.82, 2.24) is 9.55 Å². The van der Waals surface area contributed by atoms with Gasteiger partial charge in [0.1, 0.15) is 5.82 Å². The van der Waals surface area contributed by atoms with Crippen LogP contribution in [0, 0.1) is 5.82 Å². The maximum Gasteiger partial charge on any atom is 0.290 e. The fourth-order valence-electron chi connectivity index (χ4n) is 2.23. The summed E-state index contributed by atoms with van der Waals surface area (Å²) in [6.45, 7) is 4.02. The van der Waals surface area contributed by atoms with Crippen molar-refractivity contribution >= 4 is 35.1 Å². The summed E-state index contributed by atoms with van der Waals surface area (Å²) in [7, 11) is 0. The number of hydrogen-bond acceptors (Lipinski definition) is 4. The van der Waals surface area contributed by atoms with Gasteiger partial charge in [0.05, 0.1) is 16.1 Å². The molecule has 1 aromatic heterocycles. The minimum Gasteiger partial charge on any atom is -0.483 e. The second-order valence-corrected chi connectivity index (χ2v) is 5.23. The van der Waals surface area contributed by atoms with Gasteiger partial charge in [-0.05, 0) is 32.4 Å². The van der Waals surface area contributed by atoms with Gasteiger partial charge in [-0.2, -0.15) is 0 Å². The molecule has 1 aromatic carbocycles. The molecule has 0 fully saturated rings. The van der Waals surface area contributed by atoms with Gasteiger partial charge >= 0.3 is 0 Å². The zero-order chi connectivity index (χ0) is 17.2. The number of unbranched alkanes of at least 4 members (excludes halogenated alkanes) is 2. The van der Waals surface area contributed by atoms with Crippen LogP contribution < -0.4 is 11.1 Å². The molecule has 6 nitrogen and oxygen atoms in total. The Balaban J connectivity index is 0.000000816. The summed E-state index contributed by atoms with van der Waals surface area (Å²) in [5, 5.41) is 10.2. The topological polar surface area (TPSA) is 93.2 Å². The molecule has 0 spiro atoms. The van der Waals surface area contributed by atoms with E-state index in [2.05, 4.69) is 10.3 Å². The van der Waals surface area contributed by atoms with Crippen molar-refractivity contribution < 1.29 is 14.3 Å². The van der Waals surface area contributed by atoms with Crippen LogP contribution in [0.5, 0.6) is 0 Å². The summed E-state index contributed by atoms with van der Waals surface area (Å²) in [6, 6.07) is 3.03. The summed E-state index contributed by atoms with van der Waals surface area (Å²) in [5.41, 5.74) is 6.98. The summed E-state index contributed by atoms with van der Waals surface area (Å²) >= 11 is 5.81. The van der Waals surface area contributed by atoms with Gasteiger partial charge in [0.25, 0.3) is 6.47 Å². The highest BCUT2D eigenvalue weighted by Crippen LogP contribution is 2.26. The van der Waals surface area contributed by atoms with Crippen LogP contribution in [0.3, 0.4) is 0 Å². The summed E-state index contributed by atoms with van der Waals surface area (Å²) in [6.07, 6.45) is 3.05. The number of rotatable bonds is 7. The summed E-state index contributed by atoms with van der Waals surface area (Å²) in [4.78, 5) is 12.8. The molecule has 0 atom stereocenters. The lowest BCUT2D eigenvalue weighted by molar-refractivity contribution is -0.122. The Labute approximate surface area is 139 Å². The molecule has 0 radical (unpaired) electrons. The van der Waals surface area contributed by atoms with Crippen LogP contribution in [-0.4, -0.2) is 34.2 Å². The third-order valence-corrected chi connectivity index (χ3v) is 3.50. The van der Waals surface area contributed by atoms with Crippen LogP contribution in [0.2, 0.25) is 5.02 Å². The van der Waals surface area contributed by atoms with E-state index in [1.54, 1.807) is 6.07 Å². The second-order valence-electron chi connectivity index (χ2n) is 4.83. The van der Waals surface area contributed by atoms with Crippen LogP contribution >= 0.6 is 11.6 Å². The molecule has 0 saturated heterocycles. The number of imidazole rings is 1. The van der Waals surface area contributed by atoms with E-state index in [4.69, 9.17) is 27.2 Å². The Morgan fingerprint density at radius 2 is 2.13 bits per heavy atom. The lowest BCUT2D eigenvalue weighted by atomic mass is 10.2. The molecule has 23 heavy (non-hydrogen) atoms. The van der Waals surface area contributed by atoms with Gasteiger partial charge in [-0.15, -0.1) is 0 Å². The van der Waals surface area contributed by atoms with E-state index in [0.717, 1.165) is 43.8 Å². The highest BCUT2D eigenvalue weighted by Gasteiger charge is 2.13. The molecule has 128 valence electrons. The average Bonchev–Trinajstić information content (AvgIpc) is 2.82. The number of aryl methyl sites for hydroxylation is 1. The third-order valence-electron chi connectivity index (χ3n) is 3.21. The van der Waals surface area contributed by atoms with Gasteiger partial charge in [-0.25, -0.2) is 9.37 Å². The van der Waals surface area contributed by atoms with Crippen molar-refractivity contribution in [3.05, 3.63) is 23.0 Å². The minimum atomic E-state index is -0.412. The molecule has 0 aliphatic heterocycles. The number of anilines is 1. The van der Waals surface area contributed by atoms with Crippen LogP contribution in [0.15, 0.2) is 12.1 Å². The molecule has 2 aromatic rings. The normalized spacial score (nSPS) is 10.3. The highest BCUT2D eigenvalue weighted by atomic mass is 35.5. The molecular formula is C15H22ClFN4O2. The number of nitrogens with two attached hydrogens (primary N) is 1. The maximum atomic E-state index is 13.7. The average molecular weight is 345 g/mol. The lowest BCUT2D eigenvalue weighted by Crippen LogP contribution is -2.08. The minimum absolute atomic E-state index is 0.105. The highest BCUT2D eigenvalue weighted by molar-refractivity contribution is 6.31. The monoisotopic (exact) mass is 344 g/mol. The number of carbonyl (C=O) groups is 1. The van der Waals surface area contributed by atoms with E-state index in [1.165, 1.54) is 6.07 Å². The van der Waals surface area contributed by atoms with Gasteiger partial charge in [0.15, 0.2) is 0 Å². The Kier molecular flexibility index (Phi) is 8.36. The number of benzene rings is 1. The summed E-state index contributed by atoms with van der Waals surface area (Å²) in [5.74, 6) is 0.349. The molecule has 1 heterocycles. The smallest absolute Gasteiger partial charge is 0.290 e. The Morgan fingerprint density at radius 1 is 1.43 bits per heavy atom. The molecule has 2 rings (SSSR count). The molecule has 8 heteroatoms. The van der Waals surface area contributed by atoms with Crippen molar-refractivity contribution in [2.75, 3.05) is 18.4 Å². The number of hydrogen-bond donors (Lipinski definition) is 3. The van der Waals surface area contributed by atoms with Crippen LogP contribution in [0.4, 0.5) is 10.3 Å². The van der Waals surface area contributed by atoms with E-state index in [1.807, 2.05) is 11.5 Å². The summed E-state index contributed by atoms with van der Waals surface area (Å²) < 4.78 is 15.7. The molecule has 0 aliphatic carbocycles. The predicted octanol–water partition coefficient (Wildman–Crippen LogP) is 3.09. The zero-order valence-electron chi connectivity index (χ0n) is 13.1. The second kappa shape index (κ2) is 10.0. The molecule has 4 N–H and O–H groups in total. The SMILES string of the molecule is CCNc1nc2cc(Cl)c(F)cc2n1CCCCCN.O=CO. The van der Waals surface area contributed by atoms with Crippen LogP contribution in [0.1, 0.15) is 26.2 Å². The Bertz CT molecular complexity index is 633. The van der Waals surface area contributed by atoms with Crippen LogP contribution in [0.25, 0.3) is 11.0 Å². The van der Waals surface area contributed by atoms with Gasteiger partial charge in [0.2, 0.25) is 5.95 Å². The first-order chi connectivity index (χ1) is 11.1. The van der Waals surface area contributed by atoms with Crippen molar-refractivity contribution in [2.24, 2.45) is 5.73 Å². The molecule has 0 saturated carbocycles. The van der Waals surface area contributed by atoms with E-state index in [-0.39, 0.29) is 11.5 Å². The molecule has 0 bridgehead atoms. The quantitative estimate of drug-likeness (QED) is 0.530. The van der Waals surface area contributed by atoms with E-state index < -0.39 is 5.82 Å². The van der Waals surface area contributed by atoms with Gasteiger partial charge in [-0.3, -0.25) is 4.79 Å². The number of carboxylic acid groups (broad SMARTS) is 1. The number of aromatic nitrogens is 2. The van der Waals surface area contributed by atoms with Crippen molar-refractivity contribution in [2.45, 2.75) is 32.7 Å². The maximum absolute atomic E-state index is 13.7. The standard InChI is InChI=1S/C14H20ClFN4.CH2O2/c1-2-18-14-19-12-8-10(15)11(16)9-13(12)20(14)7-5-3-4-6-17;2-1-3/h8-9H,2-7,17H2,1H3,(H,18,19);1H,(H,2,3). The fraction of sp³-hybridized carbons (Fsp3) is 0.467. The van der Waals surface area contributed by atoms with E-state index in [9.17, 15) is 4.39 Å². The molecule has 0 amide bonds. The molecule has 0 unspecified atom stereocenters. The number of nitrogens with one attached hydrogen (secondary N) is 1. The first-order valence-corrected chi connectivity index (χ1v) is 7.83. The fourth-order valence-corrected chi connectivity index (χ4v) is 2.39. The zero-order valence-corrected chi connectivity index (χ0v) is 13.8. The van der Waals surface area contributed by atoms with E-state index >= 15 is 0 Å². The van der Waals surface area contributed by atoms with Crippen molar-refractivity contribution in [1.29, 1.82) is 0 Å². The van der Waals surface area contributed by atoms with Gasteiger partial charge in [-0.1, -0.05) is 18.0 Å². The molecule has 0 aliphatic rings. The Hall–Kier alpha value is -1.86. The largest absolute Gasteiger partial charge is 0.483 e. The van der Waals surface area contributed by atoms with Crippen molar-refractivity contribution in [3.8, 4) is 0 Å². The van der Waals surface area contributed by atoms with Crippen molar-refractivity contribution in [3.63, 3.8) is 0 Å².